The van der Waals surface area contributed by atoms with Crippen LogP contribution in [0.1, 0.15) is 5.69 Å². The summed E-state index contributed by atoms with van der Waals surface area (Å²) in [5.41, 5.74) is 0.297. The Morgan fingerprint density at radius 1 is 1.40 bits per heavy atom. The topological polar surface area (TPSA) is 80.3 Å². The Hall–Kier alpha value is -1.94. The monoisotopic (exact) mass is 218 g/mol. The van der Waals surface area contributed by atoms with E-state index in [2.05, 4.69) is 20.2 Å². The van der Waals surface area contributed by atoms with Crippen molar-refractivity contribution in [2.75, 3.05) is 0 Å². The summed E-state index contributed by atoms with van der Waals surface area (Å²) in [4.78, 5) is 7.97. The van der Waals surface area contributed by atoms with Crippen LogP contribution in [0.2, 0.25) is 0 Å². The minimum Gasteiger partial charge on any atom is -0.311 e. The molecule has 2 heterocycles. The van der Waals surface area contributed by atoms with Crippen molar-refractivity contribution in [2.24, 2.45) is 7.05 Å². The fourth-order valence-corrected chi connectivity index (χ4v) is 1.69. The smallest absolute Gasteiger partial charge is 0.197 e. The molecular formula is C8H6N6S. The van der Waals surface area contributed by atoms with Gasteiger partial charge in [0, 0.05) is 19.4 Å². The number of nitriles is 1. The number of nitrogens with zero attached hydrogens (tertiary/aromatic N) is 6. The number of hydrogen-bond acceptors (Lipinski definition) is 6. The van der Waals surface area contributed by atoms with Gasteiger partial charge in [-0.05, 0) is 11.8 Å². The molecule has 0 aliphatic rings. The molecule has 74 valence electrons. The largest absolute Gasteiger partial charge is 0.311 e. The Bertz CT molecular complexity index is 514. The molecule has 6 nitrogen and oxygen atoms in total. The molecule has 0 spiro atoms. The maximum absolute atomic E-state index is 8.81. The van der Waals surface area contributed by atoms with Crippen LogP contribution in [0.3, 0.4) is 0 Å². The Morgan fingerprint density at radius 2 is 2.20 bits per heavy atom. The molecule has 0 fully saturated rings. The van der Waals surface area contributed by atoms with Gasteiger partial charge in [-0.15, -0.1) is 10.2 Å². The van der Waals surface area contributed by atoms with Crippen LogP contribution in [0.4, 0.5) is 0 Å². The van der Waals surface area contributed by atoms with Gasteiger partial charge in [0.15, 0.2) is 10.9 Å². The first kappa shape index (κ1) is 9.61. The second-order valence-electron chi connectivity index (χ2n) is 2.65. The summed E-state index contributed by atoms with van der Waals surface area (Å²) in [6, 6.07) is 1.98. The highest BCUT2D eigenvalue weighted by Gasteiger charge is 2.09. The van der Waals surface area contributed by atoms with Gasteiger partial charge in [0.1, 0.15) is 17.4 Å². The first-order chi connectivity index (χ1) is 7.31. The van der Waals surface area contributed by atoms with E-state index in [1.807, 2.05) is 13.1 Å². The zero-order chi connectivity index (χ0) is 10.7. The lowest BCUT2D eigenvalue weighted by atomic mass is 10.5. The van der Waals surface area contributed by atoms with Crippen LogP contribution in [0.25, 0.3) is 0 Å². The second kappa shape index (κ2) is 4.06. The van der Waals surface area contributed by atoms with Crippen molar-refractivity contribution in [1.29, 1.82) is 5.26 Å². The van der Waals surface area contributed by atoms with Crippen molar-refractivity contribution >= 4 is 11.8 Å². The SMILES string of the molecule is Cn1cnnc1Sc1nccnc1C#N. The summed E-state index contributed by atoms with van der Waals surface area (Å²) in [5, 5.41) is 17.6. The molecule has 2 aromatic heterocycles. The molecule has 2 rings (SSSR count). The summed E-state index contributed by atoms with van der Waals surface area (Å²) < 4.78 is 1.75. The van der Waals surface area contributed by atoms with E-state index in [0.29, 0.717) is 15.9 Å². The van der Waals surface area contributed by atoms with Crippen molar-refractivity contribution in [3.8, 4) is 6.07 Å². The van der Waals surface area contributed by atoms with Crippen LogP contribution in [0.15, 0.2) is 28.9 Å². The van der Waals surface area contributed by atoms with E-state index in [1.54, 1.807) is 17.1 Å². The molecule has 0 bridgehead atoms. The van der Waals surface area contributed by atoms with Gasteiger partial charge in [0.2, 0.25) is 0 Å². The van der Waals surface area contributed by atoms with E-state index in [-0.39, 0.29) is 0 Å². The van der Waals surface area contributed by atoms with Gasteiger partial charge in [0.05, 0.1) is 0 Å². The number of rotatable bonds is 2. The number of hydrogen-bond donors (Lipinski definition) is 0. The molecule has 15 heavy (non-hydrogen) atoms. The summed E-state index contributed by atoms with van der Waals surface area (Å²) >= 11 is 1.27. The Kier molecular flexibility index (Phi) is 2.60. The van der Waals surface area contributed by atoms with E-state index in [1.165, 1.54) is 18.0 Å². The van der Waals surface area contributed by atoms with Crippen LogP contribution < -0.4 is 0 Å². The molecule has 0 atom stereocenters. The molecule has 0 saturated heterocycles. The Balaban J connectivity index is 2.33. The fourth-order valence-electron chi connectivity index (χ4n) is 0.928. The molecule has 0 aliphatic carbocycles. The molecule has 0 saturated carbocycles. The van der Waals surface area contributed by atoms with Crippen LogP contribution >= 0.6 is 11.8 Å². The summed E-state index contributed by atoms with van der Waals surface area (Å²) in [6.45, 7) is 0. The van der Waals surface area contributed by atoms with Gasteiger partial charge < -0.3 is 4.57 Å². The van der Waals surface area contributed by atoms with Crippen molar-refractivity contribution < 1.29 is 0 Å². The van der Waals surface area contributed by atoms with E-state index in [4.69, 9.17) is 5.26 Å². The van der Waals surface area contributed by atoms with Crippen LogP contribution in [0, 0.1) is 11.3 Å². The highest BCUT2D eigenvalue weighted by molar-refractivity contribution is 7.99. The van der Waals surface area contributed by atoms with Crippen molar-refractivity contribution in [3.05, 3.63) is 24.4 Å². The molecule has 7 heteroatoms. The number of aromatic nitrogens is 5. The predicted molar refractivity (Wildman–Crippen MR) is 51.9 cm³/mol. The second-order valence-corrected chi connectivity index (χ2v) is 3.60. The van der Waals surface area contributed by atoms with Gasteiger partial charge in [-0.1, -0.05) is 0 Å². The molecule has 0 aromatic carbocycles. The summed E-state index contributed by atoms with van der Waals surface area (Å²) in [6.07, 6.45) is 4.61. The van der Waals surface area contributed by atoms with Gasteiger partial charge in [-0.3, -0.25) is 0 Å². The maximum atomic E-state index is 8.81. The number of aryl methyl sites for hydroxylation is 1. The summed E-state index contributed by atoms with van der Waals surface area (Å²) in [7, 11) is 1.82. The molecule has 0 unspecified atom stereocenters. The van der Waals surface area contributed by atoms with Crippen LogP contribution in [-0.4, -0.2) is 24.7 Å². The fraction of sp³-hybridized carbons (Fsp3) is 0.125. The van der Waals surface area contributed by atoms with Gasteiger partial charge >= 0.3 is 0 Å². The third-order valence-corrected chi connectivity index (χ3v) is 2.67. The van der Waals surface area contributed by atoms with E-state index in [0.717, 1.165) is 0 Å². The highest BCUT2D eigenvalue weighted by Crippen LogP contribution is 2.24. The third kappa shape index (κ3) is 1.94. The third-order valence-electron chi connectivity index (χ3n) is 1.63. The standard InChI is InChI=1S/C8H6N6S/c1-14-5-12-13-8(14)15-7-6(4-9)10-2-3-11-7/h2-3,5H,1H3. The predicted octanol–water partition coefficient (Wildman–Crippen LogP) is 0.628. The van der Waals surface area contributed by atoms with E-state index < -0.39 is 0 Å². The quantitative estimate of drug-likeness (QED) is 0.735. The zero-order valence-electron chi connectivity index (χ0n) is 7.82. The minimum absolute atomic E-state index is 0.297. The zero-order valence-corrected chi connectivity index (χ0v) is 8.64. The van der Waals surface area contributed by atoms with Crippen molar-refractivity contribution in [3.63, 3.8) is 0 Å². The first-order valence-corrected chi connectivity index (χ1v) is 4.86. The summed E-state index contributed by atoms with van der Waals surface area (Å²) in [5.74, 6) is 0. The lowest BCUT2D eigenvalue weighted by molar-refractivity contribution is 0.786. The van der Waals surface area contributed by atoms with Crippen LogP contribution in [0.5, 0.6) is 0 Å². The molecular weight excluding hydrogens is 212 g/mol. The highest BCUT2D eigenvalue weighted by atomic mass is 32.2. The first-order valence-electron chi connectivity index (χ1n) is 4.04. The molecule has 0 N–H and O–H groups in total. The normalized spacial score (nSPS) is 9.87. The molecule has 0 amide bonds. The van der Waals surface area contributed by atoms with Gasteiger partial charge in [-0.2, -0.15) is 5.26 Å². The molecule has 0 aliphatic heterocycles. The molecule has 2 aromatic rings. The minimum atomic E-state index is 0.297. The lowest BCUT2D eigenvalue weighted by Crippen LogP contribution is -1.93. The van der Waals surface area contributed by atoms with Crippen molar-refractivity contribution in [1.82, 2.24) is 24.7 Å². The van der Waals surface area contributed by atoms with E-state index in [9.17, 15) is 0 Å². The average Bonchev–Trinajstić information content (AvgIpc) is 2.65. The van der Waals surface area contributed by atoms with E-state index >= 15 is 0 Å². The lowest BCUT2D eigenvalue weighted by Gasteiger charge is -1.99. The van der Waals surface area contributed by atoms with Gasteiger partial charge in [-0.25, -0.2) is 9.97 Å². The Labute approximate surface area is 90.0 Å². The van der Waals surface area contributed by atoms with Crippen LogP contribution in [-0.2, 0) is 7.05 Å². The molecule has 0 radical (unpaired) electrons. The van der Waals surface area contributed by atoms with Crippen molar-refractivity contribution in [2.45, 2.75) is 10.2 Å². The van der Waals surface area contributed by atoms with Gasteiger partial charge in [0.25, 0.3) is 0 Å². The Morgan fingerprint density at radius 3 is 2.87 bits per heavy atom. The average molecular weight is 218 g/mol. The maximum Gasteiger partial charge on any atom is 0.197 e.